The number of hydrogen-bond acceptors (Lipinski definition) is 1. The van der Waals surface area contributed by atoms with Gasteiger partial charge in [-0.1, -0.05) is 51.7 Å². The second-order valence-corrected chi connectivity index (χ2v) is 16.0. The van der Waals surface area contributed by atoms with Crippen LogP contribution in [-0.4, -0.2) is 8.07 Å². The molecule has 2 nitrogen and oxygen atoms in total. The molecule has 0 atom stereocenters. The Morgan fingerprint density at radius 3 is 2.29 bits per heavy atom. The summed E-state index contributed by atoms with van der Waals surface area (Å²) in [6.07, 6.45) is 0. The molecule has 0 N–H and O–H groups in total. The van der Waals surface area contributed by atoms with E-state index in [4.69, 9.17) is 4.42 Å². The summed E-state index contributed by atoms with van der Waals surface area (Å²) in [5.74, 6) is 0.184. The van der Waals surface area contributed by atoms with Crippen LogP contribution in [0.25, 0.3) is 44.1 Å². The van der Waals surface area contributed by atoms with Crippen molar-refractivity contribution in [1.29, 1.82) is 0 Å². The molecule has 0 amide bonds. The average molecular weight is 471 g/mol. The van der Waals surface area contributed by atoms with E-state index >= 15 is 4.39 Å². The molecule has 0 fully saturated rings. The summed E-state index contributed by atoms with van der Waals surface area (Å²) in [6, 6.07) is 16.6. The van der Waals surface area contributed by atoms with Gasteiger partial charge in [-0.05, 0) is 59.8 Å². The van der Waals surface area contributed by atoms with Gasteiger partial charge in [0.1, 0.15) is 24.0 Å². The Labute approximate surface area is 202 Å². The van der Waals surface area contributed by atoms with Crippen LogP contribution in [0.5, 0.6) is 0 Å². The number of para-hydroxylation sites is 1. The lowest BCUT2D eigenvalue weighted by atomic mass is 9.92. The van der Waals surface area contributed by atoms with Crippen LogP contribution in [-0.2, 0) is 7.05 Å². The van der Waals surface area contributed by atoms with Gasteiger partial charge in [0.15, 0.2) is 0 Å². The van der Waals surface area contributed by atoms with Gasteiger partial charge in [0.2, 0.25) is 11.2 Å². The van der Waals surface area contributed by atoms with Crippen LogP contribution in [0.15, 0.2) is 52.9 Å². The summed E-state index contributed by atoms with van der Waals surface area (Å²) in [5, 5.41) is 4.14. The lowest BCUT2D eigenvalue weighted by Gasteiger charge is -2.20. The number of halogens is 1. The summed E-state index contributed by atoms with van der Waals surface area (Å²) >= 11 is 0. The van der Waals surface area contributed by atoms with Crippen molar-refractivity contribution in [3.63, 3.8) is 0 Å². The molecule has 34 heavy (non-hydrogen) atoms. The van der Waals surface area contributed by atoms with Crippen LogP contribution in [0, 0.1) is 19.7 Å². The third kappa shape index (κ3) is 3.39. The van der Waals surface area contributed by atoms with Gasteiger partial charge in [-0.2, -0.15) is 4.57 Å². The monoisotopic (exact) mass is 470 g/mol. The van der Waals surface area contributed by atoms with Crippen molar-refractivity contribution >= 4 is 46.1 Å². The normalized spacial score (nSPS) is 12.5. The molecular weight excluding hydrogens is 437 g/mol. The summed E-state index contributed by atoms with van der Waals surface area (Å²) in [5.41, 5.74) is 8.73. The number of benzene rings is 3. The third-order valence-electron chi connectivity index (χ3n) is 7.29. The molecule has 0 aliphatic heterocycles. The van der Waals surface area contributed by atoms with E-state index < -0.39 is 8.07 Å². The minimum Gasteiger partial charge on any atom is -0.455 e. The molecule has 0 bridgehead atoms. The standard InChI is InChI=1S/C30H33FNOSi/c1-17(2)21-15-26(32(5)25-16-28(34(6,7)8)24(31)14-22(21)25)29-19(4)18(3)13-23-20-11-9-10-12-27(20)33-30(23)29/h9-17H,1-8H3/q+1. The molecule has 0 radical (unpaired) electrons. The number of pyridine rings is 1. The minimum atomic E-state index is -1.85. The molecule has 0 saturated heterocycles. The van der Waals surface area contributed by atoms with Gasteiger partial charge in [0.25, 0.3) is 0 Å². The van der Waals surface area contributed by atoms with Gasteiger partial charge in [-0.3, -0.25) is 0 Å². The Morgan fingerprint density at radius 2 is 1.62 bits per heavy atom. The Kier molecular flexibility index (Phi) is 5.21. The van der Waals surface area contributed by atoms with Crippen molar-refractivity contribution in [1.82, 2.24) is 0 Å². The maximum atomic E-state index is 15.3. The van der Waals surface area contributed by atoms with Gasteiger partial charge >= 0.3 is 0 Å². The van der Waals surface area contributed by atoms with E-state index in [1.165, 1.54) is 11.1 Å². The number of nitrogens with zero attached hydrogens (tertiary/aromatic N) is 1. The molecule has 174 valence electrons. The van der Waals surface area contributed by atoms with Crippen LogP contribution < -0.4 is 9.75 Å². The van der Waals surface area contributed by atoms with E-state index in [9.17, 15) is 0 Å². The molecule has 0 aliphatic rings. The fraction of sp³-hybridized carbons (Fsp3) is 0.300. The second-order valence-electron chi connectivity index (χ2n) is 11.0. The second kappa shape index (κ2) is 7.77. The minimum absolute atomic E-state index is 0.0762. The summed E-state index contributed by atoms with van der Waals surface area (Å²) < 4.78 is 24.0. The Balaban J connectivity index is 1.96. The first-order valence-electron chi connectivity index (χ1n) is 12.1. The maximum absolute atomic E-state index is 15.3. The average Bonchev–Trinajstić information content (AvgIpc) is 3.12. The SMILES string of the molecule is Cc1cc2c(oc3ccccc32)c(-c2cc(C(C)C)c3cc(F)c([Si](C)(C)C)cc3[n+]2C)c1C. The first kappa shape index (κ1) is 22.8. The van der Waals surface area contributed by atoms with Gasteiger partial charge in [0, 0.05) is 22.9 Å². The molecule has 5 aromatic rings. The number of aromatic nitrogens is 1. The fourth-order valence-electron chi connectivity index (χ4n) is 5.21. The van der Waals surface area contributed by atoms with Crippen molar-refractivity contribution in [3.05, 3.63) is 71.0 Å². The number of hydrogen-bond donors (Lipinski definition) is 0. The molecule has 2 heterocycles. The number of rotatable bonds is 3. The third-order valence-corrected chi connectivity index (χ3v) is 9.28. The number of furan rings is 1. The van der Waals surface area contributed by atoms with Gasteiger partial charge < -0.3 is 4.42 Å². The van der Waals surface area contributed by atoms with E-state index in [0.29, 0.717) is 0 Å². The molecule has 3 aromatic carbocycles. The molecular formula is C30H33FNOSi+. The van der Waals surface area contributed by atoms with Crippen molar-refractivity contribution in [3.8, 4) is 11.3 Å². The lowest BCUT2D eigenvalue weighted by Crippen LogP contribution is -2.42. The fourth-order valence-corrected chi connectivity index (χ4v) is 6.57. The highest BCUT2D eigenvalue weighted by Crippen LogP contribution is 2.40. The molecule has 0 spiro atoms. The van der Waals surface area contributed by atoms with Crippen LogP contribution in [0.1, 0.15) is 36.5 Å². The highest BCUT2D eigenvalue weighted by Gasteiger charge is 2.29. The lowest BCUT2D eigenvalue weighted by molar-refractivity contribution is -0.633. The largest absolute Gasteiger partial charge is 0.455 e. The zero-order valence-corrected chi connectivity index (χ0v) is 22.4. The Hall–Kier alpha value is -2.98. The molecule has 5 rings (SSSR count). The zero-order valence-electron chi connectivity index (χ0n) is 21.4. The molecule has 2 aromatic heterocycles. The van der Waals surface area contributed by atoms with E-state index in [1.54, 1.807) is 6.07 Å². The molecule has 0 saturated carbocycles. The first-order valence-corrected chi connectivity index (χ1v) is 15.6. The van der Waals surface area contributed by atoms with Crippen molar-refractivity contribution < 1.29 is 13.4 Å². The van der Waals surface area contributed by atoms with Gasteiger partial charge in [-0.25, -0.2) is 4.39 Å². The molecule has 0 aliphatic carbocycles. The predicted molar refractivity (Wildman–Crippen MR) is 144 cm³/mol. The quantitative estimate of drug-likeness (QED) is 0.195. The van der Waals surface area contributed by atoms with Crippen LogP contribution >= 0.6 is 0 Å². The van der Waals surface area contributed by atoms with Crippen LogP contribution in [0.2, 0.25) is 19.6 Å². The van der Waals surface area contributed by atoms with Crippen LogP contribution in [0.3, 0.4) is 0 Å². The van der Waals surface area contributed by atoms with E-state index in [0.717, 1.165) is 54.8 Å². The Bertz CT molecular complexity index is 1600. The van der Waals surface area contributed by atoms with E-state index in [1.807, 2.05) is 12.1 Å². The van der Waals surface area contributed by atoms with Crippen molar-refractivity contribution in [2.24, 2.45) is 7.05 Å². The zero-order chi connectivity index (χ0) is 24.5. The topological polar surface area (TPSA) is 17.0 Å². The van der Waals surface area contributed by atoms with Gasteiger partial charge in [-0.15, -0.1) is 0 Å². The maximum Gasteiger partial charge on any atom is 0.217 e. The van der Waals surface area contributed by atoms with E-state index in [2.05, 4.69) is 89.3 Å². The molecule has 4 heteroatoms. The molecule has 0 unspecified atom stereocenters. The predicted octanol–water partition coefficient (Wildman–Crippen LogP) is 7.66. The van der Waals surface area contributed by atoms with Crippen LogP contribution in [0.4, 0.5) is 4.39 Å². The number of fused-ring (bicyclic) bond motifs is 4. The van der Waals surface area contributed by atoms with Crippen molar-refractivity contribution in [2.75, 3.05) is 0 Å². The Morgan fingerprint density at radius 1 is 0.912 bits per heavy atom. The van der Waals surface area contributed by atoms with E-state index in [-0.39, 0.29) is 11.7 Å². The summed E-state index contributed by atoms with van der Waals surface area (Å²) in [7, 11) is 0.249. The summed E-state index contributed by atoms with van der Waals surface area (Å²) in [4.78, 5) is 0. The highest BCUT2D eigenvalue weighted by molar-refractivity contribution is 6.88. The van der Waals surface area contributed by atoms with Gasteiger partial charge in [0.05, 0.1) is 19.0 Å². The van der Waals surface area contributed by atoms with Crippen molar-refractivity contribution in [2.45, 2.75) is 53.3 Å². The number of aryl methyl sites for hydroxylation is 2. The summed E-state index contributed by atoms with van der Waals surface area (Å²) in [6.45, 7) is 15.3. The smallest absolute Gasteiger partial charge is 0.217 e. The first-order chi connectivity index (χ1) is 16.0. The highest BCUT2D eigenvalue weighted by atomic mass is 28.3.